The number of nitrogens with zero attached hydrogens (tertiary/aromatic N) is 3. The Balaban J connectivity index is 2.09. The predicted octanol–water partition coefficient (Wildman–Crippen LogP) is 1.57. The van der Waals surface area contributed by atoms with Crippen molar-refractivity contribution in [2.24, 2.45) is 0 Å². The molecule has 1 atom stereocenters. The fourth-order valence-corrected chi connectivity index (χ4v) is 2.53. The van der Waals surface area contributed by atoms with Crippen LogP contribution in [0.1, 0.15) is 25.3 Å². The average molecular weight is 277 g/mol. The Kier molecular flexibility index (Phi) is 3.92. The van der Waals surface area contributed by atoms with E-state index >= 15 is 0 Å². The van der Waals surface area contributed by atoms with E-state index in [1.165, 1.54) is 4.90 Å². The summed E-state index contributed by atoms with van der Waals surface area (Å²) in [4.78, 5) is 30.8. The second-order valence-electron chi connectivity index (χ2n) is 5.33. The molecule has 1 fully saturated rings. The van der Waals surface area contributed by atoms with Crippen LogP contribution in [-0.2, 0) is 11.3 Å². The Morgan fingerprint density at radius 1 is 1.45 bits per heavy atom. The number of hydrogen-bond acceptors (Lipinski definition) is 3. The van der Waals surface area contributed by atoms with E-state index in [-0.39, 0.29) is 6.03 Å². The lowest BCUT2D eigenvalue weighted by Crippen LogP contribution is -2.54. The summed E-state index contributed by atoms with van der Waals surface area (Å²) < 4.78 is 0. The number of carboxylic acid groups (broad SMARTS) is 1. The predicted molar refractivity (Wildman–Crippen MR) is 73.1 cm³/mol. The Bertz CT molecular complexity index is 506. The van der Waals surface area contributed by atoms with Crippen molar-refractivity contribution in [2.45, 2.75) is 31.8 Å². The number of pyridine rings is 1. The van der Waals surface area contributed by atoms with E-state index in [1.807, 2.05) is 12.1 Å². The molecule has 1 saturated heterocycles. The third-order valence-electron chi connectivity index (χ3n) is 3.83. The molecule has 20 heavy (non-hydrogen) atoms. The van der Waals surface area contributed by atoms with Crippen LogP contribution < -0.4 is 0 Å². The number of urea groups is 1. The van der Waals surface area contributed by atoms with Gasteiger partial charge in [0.05, 0.1) is 0 Å². The molecule has 2 amide bonds. The molecule has 6 heteroatoms. The van der Waals surface area contributed by atoms with Gasteiger partial charge in [-0.1, -0.05) is 0 Å². The number of hydrogen-bond donors (Lipinski definition) is 1. The smallest absolute Gasteiger partial charge is 0.329 e. The molecule has 1 aliphatic heterocycles. The SMILES string of the molecule is CN(Cc1ccncc1)C(=O)N1CCCC1(C)C(=O)O. The minimum absolute atomic E-state index is 0.246. The van der Waals surface area contributed by atoms with Gasteiger partial charge in [-0.05, 0) is 37.5 Å². The summed E-state index contributed by atoms with van der Waals surface area (Å²) in [7, 11) is 1.68. The van der Waals surface area contributed by atoms with Gasteiger partial charge in [0.15, 0.2) is 0 Å². The van der Waals surface area contributed by atoms with E-state index < -0.39 is 11.5 Å². The van der Waals surface area contributed by atoms with E-state index in [4.69, 9.17) is 0 Å². The maximum atomic E-state index is 12.4. The number of aliphatic carboxylic acids is 1. The quantitative estimate of drug-likeness (QED) is 0.910. The maximum absolute atomic E-state index is 12.4. The van der Waals surface area contributed by atoms with Crippen LogP contribution in [-0.4, -0.2) is 51.0 Å². The Morgan fingerprint density at radius 2 is 2.10 bits per heavy atom. The van der Waals surface area contributed by atoms with Crippen molar-refractivity contribution in [3.05, 3.63) is 30.1 Å². The number of likely N-dealkylation sites (tertiary alicyclic amines) is 1. The van der Waals surface area contributed by atoms with Crippen LogP contribution in [0, 0.1) is 0 Å². The van der Waals surface area contributed by atoms with Crippen LogP contribution in [0.2, 0.25) is 0 Å². The minimum Gasteiger partial charge on any atom is -0.480 e. The van der Waals surface area contributed by atoms with Gasteiger partial charge in [-0.25, -0.2) is 9.59 Å². The molecule has 0 aromatic carbocycles. The third kappa shape index (κ3) is 2.59. The number of carbonyl (C=O) groups is 2. The second kappa shape index (κ2) is 5.48. The Morgan fingerprint density at radius 3 is 2.70 bits per heavy atom. The van der Waals surface area contributed by atoms with Gasteiger partial charge in [-0.2, -0.15) is 0 Å². The highest BCUT2D eigenvalue weighted by Gasteiger charge is 2.46. The second-order valence-corrected chi connectivity index (χ2v) is 5.33. The molecule has 0 saturated carbocycles. The first-order chi connectivity index (χ1) is 9.45. The Labute approximate surface area is 118 Å². The van der Waals surface area contributed by atoms with Crippen LogP contribution in [0.3, 0.4) is 0 Å². The lowest BCUT2D eigenvalue weighted by atomic mass is 10.00. The van der Waals surface area contributed by atoms with E-state index in [2.05, 4.69) is 4.98 Å². The van der Waals surface area contributed by atoms with E-state index in [0.717, 1.165) is 12.0 Å². The van der Waals surface area contributed by atoms with Gasteiger partial charge < -0.3 is 14.9 Å². The van der Waals surface area contributed by atoms with Crippen molar-refractivity contribution < 1.29 is 14.7 Å². The standard InChI is InChI=1S/C14H19N3O3/c1-14(12(18)19)6-3-9-17(14)13(20)16(2)10-11-4-7-15-8-5-11/h4-5,7-8H,3,6,9-10H2,1-2H3,(H,18,19). The van der Waals surface area contributed by atoms with Gasteiger partial charge in [-0.3, -0.25) is 4.98 Å². The van der Waals surface area contributed by atoms with Crippen molar-refractivity contribution in [3.8, 4) is 0 Å². The molecule has 0 aliphatic carbocycles. The van der Waals surface area contributed by atoms with Gasteiger partial charge in [0.2, 0.25) is 0 Å². The van der Waals surface area contributed by atoms with Crippen LogP contribution in [0.4, 0.5) is 4.79 Å². The van der Waals surface area contributed by atoms with Crippen molar-refractivity contribution in [2.75, 3.05) is 13.6 Å². The summed E-state index contributed by atoms with van der Waals surface area (Å²) in [6.07, 6.45) is 4.56. The molecule has 0 spiro atoms. The molecule has 6 nitrogen and oxygen atoms in total. The fourth-order valence-electron chi connectivity index (χ4n) is 2.53. The lowest BCUT2D eigenvalue weighted by Gasteiger charge is -2.34. The molecular weight excluding hydrogens is 258 g/mol. The minimum atomic E-state index is -1.09. The Hall–Kier alpha value is -2.11. The highest BCUT2D eigenvalue weighted by molar-refractivity contribution is 5.86. The zero-order valence-corrected chi connectivity index (χ0v) is 11.7. The van der Waals surface area contributed by atoms with Crippen molar-refractivity contribution in [1.29, 1.82) is 0 Å². The number of aromatic nitrogens is 1. The summed E-state index contributed by atoms with van der Waals surface area (Å²) in [5.74, 6) is -0.944. The van der Waals surface area contributed by atoms with Gasteiger partial charge in [0.1, 0.15) is 5.54 Å². The average Bonchev–Trinajstić information content (AvgIpc) is 2.82. The molecular formula is C14H19N3O3. The maximum Gasteiger partial charge on any atom is 0.329 e. The number of amides is 2. The molecule has 0 bridgehead atoms. The first-order valence-corrected chi connectivity index (χ1v) is 6.60. The molecule has 2 heterocycles. The van der Waals surface area contributed by atoms with Crippen molar-refractivity contribution >= 4 is 12.0 Å². The fraction of sp³-hybridized carbons (Fsp3) is 0.500. The molecule has 2 rings (SSSR count). The largest absolute Gasteiger partial charge is 0.480 e. The first kappa shape index (κ1) is 14.3. The van der Waals surface area contributed by atoms with Crippen LogP contribution in [0.5, 0.6) is 0 Å². The van der Waals surface area contributed by atoms with Crippen molar-refractivity contribution in [3.63, 3.8) is 0 Å². The molecule has 1 unspecified atom stereocenters. The molecule has 1 aliphatic rings. The zero-order chi connectivity index (χ0) is 14.8. The van der Waals surface area contributed by atoms with Crippen LogP contribution in [0.25, 0.3) is 0 Å². The summed E-state index contributed by atoms with van der Waals surface area (Å²) >= 11 is 0. The topological polar surface area (TPSA) is 73.7 Å². The highest BCUT2D eigenvalue weighted by atomic mass is 16.4. The number of carboxylic acids is 1. The van der Waals surface area contributed by atoms with E-state index in [1.54, 1.807) is 31.3 Å². The van der Waals surface area contributed by atoms with E-state index in [9.17, 15) is 14.7 Å². The molecule has 1 aromatic rings. The molecule has 0 radical (unpaired) electrons. The summed E-state index contributed by atoms with van der Waals surface area (Å²) in [6.45, 7) is 2.54. The lowest BCUT2D eigenvalue weighted by molar-refractivity contribution is -0.147. The summed E-state index contributed by atoms with van der Waals surface area (Å²) in [6, 6.07) is 3.43. The number of carbonyl (C=O) groups excluding carboxylic acids is 1. The van der Waals surface area contributed by atoms with E-state index in [0.29, 0.717) is 19.5 Å². The van der Waals surface area contributed by atoms with Crippen molar-refractivity contribution in [1.82, 2.24) is 14.8 Å². The number of rotatable bonds is 3. The van der Waals surface area contributed by atoms with Crippen LogP contribution in [0.15, 0.2) is 24.5 Å². The molecule has 1 N–H and O–H groups in total. The first-order valence-electron chi connectivity index (χ1n) is 6.60. The van der Waals surface area contributed by atoms with Crippen LogP contribution >= 0.6 is 0 Å². The van der Waals surface area contributed by atoms with Gasteiger partial charge >= 0.3 is 12.0 Å². The molecule has 108 valence electrons. The molecule has 1 aromatic heterocycles. The van der Waals surface area contributed by atoms with Gasteiger partial charge in [-0.15, -0.1) is 0 Å². The zero-order valence-electron chi connectivity index (χ0n) is 11.7. The highest BCUT2D eigenvalue weighted by Crippen LogP contribution is 2.30. The van der Waals surface area contributed by atoms with Gasteiger partial charge in [0, 0.05) is 32.5 Å². The van der Waals surface area contributed by atoms with Gasteiger partial charge in [0.25, 0.3) is 0 Å². The normalized spacial score (nSPS) is 21.8. The summed E-state index contributed by atoms with van der Waals surface area (Å²) in [5, 5.41) is 9.34. The third-order valence-corrected chi connectivity index (χ3v) is 3.83. The monoisotopic (exact) mass is 277 g/mol. The summed E-state index contributed by atoms with van der Waals surface area (Å²) in [5.41, 5.74) is -0.129.